The summed E-state index contributed by atoms with van der Waals surface area (Å²) in [6.07, 6.45) is 7.29. The first-order valence-electron chi connectivity index (χ1n) is 6.66. The minimum absolute atomic E-state index is 0.404. The molecule has 0 fully saturated rings. The Bertz CT molecular complexity index is 705. The molecule has 0 spiro atoms. The average molecular weight is 297 g/mol. The van der Waals surface area contributed by atoms with Crippen molar-refractivity contribution in [3.05, 3.63) is 60.7 Å². The molecule has 5 heteroatoms. The number of benzene rings is 1. The van der Waals surface area contributed by atoms with E-state index in [0.717, 1.165) is 10.5 Å². The highest BCUT2D eigenvalue weighted by molar-refractivity contribution is 8.01. The van der Waals surface area contributed by atoms with Crippen molar-refractivity contribution in [3.8, 4) is 6.07 Å². The third kappa shape index (κ3) is 2.37. The molecule has 21 heavy (non-hydrogen) atoms. The van der Waals surface area contributed by atoms with Crippen molar-refractivity contribution >= 4 is 11.8 Å². The van der Waals surface area contributed by atoms with Crippen molar-refractivity contribution in [2.45, 2.75) is 28.7 Å². The predicted molar refractivity (Wildman–Crippen MR) is 81.7 cm³/mol. The van der Waals surface area contributed by atoms with Crippen LogP contribution in [0.25, 0.3) is 0 Å². The minimum Gasteiger partial charge on any atom is -0.387 e. The first kappa shape index (κ1) is 13.9. The van der Waals surface area contributed by atoms with Gasteiger partial charge in [0, 0.05) is 23.8 Å². The van der Waals surface area contributed by atoms with E-state index in [1.807, 2.05) is 29.0 Å². The van der Waals surface area contributed by atoms with E-state index in [1.54, 1.807) is 30.4 Å². The number of nitriles is 1. The molecule has 0 aliphatic carbocycles. The van der Waals surface area contributed by atoms with Crippen LogP contribution in [0.4, 0.5) is 0 Å². The lowest BCUT2D eigenvalue weighted by atomic mass is 9.91. The molecule has 0 saturated heterocycles. The monoisotopic (exact) mass is 297 g/mol. The van der Waals surface area contributed by atoms with Crippen molar-refractivity contribution in [3.63, 3.8) is 0 Å². The number of aliphatic hydroxyl groups excluding tert-OH is 1. The lowest BCUT2D eigenvalue weighted by Crippen LogP contribution is -2.33. The van der Waals surface area contributed by atoms with Crippen LogP contribution in [0, 0.1) is 11.3 Å². The van der Waals surface area contributed by atoms with E-state index in [1.165, 1.54) is 0 Å². The number of hydrogen-bond donors (Lipinski definition) is 1. The standard InChI is InChI=1S/C16H15N3OS/c1-2-5-16(10-19-7-6-18-11-19)15(20)13-4-3-12(9-17)8-14(13)21-16/h2-4,6-8,11,15,20H,1,5,10H2. The van der Waals surface area contributed by atoms with E-state index in [0.29, 0.717) is 18.5 Å². The smallest absolute Gasteiger partial charge is 0.0992 e. The van der Waals surface area contributed by atoms with E-state index in [4.69, 9.17) is 5.26 Å². The summed E-state index contributed by atoms with van der Waals surface area (Å²) in [6, 6.07) is 7.60. The minimum atomic E-state index is -0.592. The predicted octanol–water partition coefficient (Wildman–Crippen LogP) is 2.91. The summed E-state index contributed by atoms with van der Waals surface area (Å²) < 4.78 is 1.57. The van der Waals surface area contributed by atoms with Crippen LogP contribution in [0.1, 0.15) is 23.7 Å². The third-order valence-electron chi connectivity index (χ3n) is 3.75. The van der Waals surface area contributed by atoms with Crippen LogP contribution in [-0.4, -0.2) is 19.4 Å². The van der Waals surface area contributed by atoms with Crippen LogP contribution in [0.5, 0.6) is 0 Å². The molecule has 0 radical (unpaired) electrons. The quantitative estimate of drug-likeness (QED) is 0.881. The largest absolute Gasteiger partial charge is 0.387 e. The lowest BCUT2D eigenvalue weighted by Gasteiger charge is -2.31. The van der Waals surface area contributed by atoms with Crippen LogP contribution in [0.15, 0.2) is 54.5 Å². The molecule has 1 N–H and O–H groups in total. The van der Waals surface area contributed by atoms with Crippen molar-refractivity contribution in [1.29, 1.82) is 5.26 Å². The van der Waals surface area contributed by atoms with Crippen molar-refractivity contribution < 1.29 is 5.11 Å². The molecule has 106 valence electrons. The highest BCUT2D eigenvalue weighted by Crippen LogP contribution is 2.55. The normalized spacial score (nSPS) is 23.5. The van der Waals surface area contributed by atoms with E-state index in [-0.39, 0.29) is 0 Å². The Labute approximate surface area is 127 Å². The second-order valence-corrected chi connectivity index (χ2v) is 6.62. The van der Waals surface area contributed by atoms with Crippen LogP contribution < -0.4 is 0 Å². The summed E-state index contributed by atoms with van der Waals surface area (Å²) >= 11 is 1.62. The SMILES string of the molecule is C=CCC1(Cn2ccnc2)Sc2cc(C#N)ccc2C1O. The number of nitrogens with zero attached hydrogens (tertiary/aromatic N) is 3. The summed E-state index contributed by atoms with van der Waals surface area (Å²) in [5.41, 5.74) is 1.51. The number of allylic oxidation sites excluding steroid dienone is 1. The van der Waals surface area contributed by atoms with Gasteiger partial charge in [-0.15, -0.1) is 18.3 Å². The second kappa shape index (κ2) is 5.40. The summed E-state index contributed by atoms with van der Waals surface area (Å²) in [7, 11) is 0. The molecule has 1 aliphatic heterocycles. The molecule has 2 atom stereocenters. The summed E-state index contributed by atoms with van der Waals surface area (Å²) in [4.78, 5) is 5.04. The zero-order valence-electron chi connectivity index (χ0n) is 11.4. The number of imidazole rings is 1. The molecule has 1 aromatic heterocycles. The van der Waals surface area contributed by atoms with Crippen molar-refractivity contribution in [2.75, 3.05) is 0 Å². The fraction of sp³-hybridized carbons (Fsp3) is 0.250. The number of aliphatic hydroxyl groups is 1. The number of thioether (sulfide) groups is 1. The molecule has 3 rings (SSSR count). The molecule has 0 bridgehead atoms. The molecular formula is C16H15N3OS. The van der Waals surface area contributed by atoms with Gasteiger partial charge in [0.05, 0.1) is 28.8 Å². The third-order valence-corrected chi connectivity index (χ3v) is 5.25. The molecule has 4 nitrogen and oxygen atoms in total. The van der Waals surface area contributed by atoms with Crippen LogP contribution >= 0.6 is 11.8 Å². The maximum absolute atomic E-state index is 10.8. The van der Waals surface area contributed by atoms with Gasteiger partial charge in [-0.3, -0.25) is 0 Å². The molecule has 2 aromatic rings. The van der Waals surface area contributed by atoms with Gasteiger partial charge in [0.25, 0.3) is 0 Å². The molecule has 0 saturated carbocycles. The fourth-order valence-electron chi connectivity index (χ4n) is 2.75. The van der Waals surface area contributed by atoms with Gasteiger partial charge in [0.2, 0.25) is 0 Å². The Hall–Kier alpha value is -2.03. The Kier molecular flexibility index (Phi) is 3.58. The molecule has 2 heterocycles. The van der Waals surface area contributed by atoms with E-state index < -0.39 is 10.9 Å². The summed E-state index contributed by atoms with van der Waals surface area (Å²) in [5, 5.41) is 19.8. The Balaban J connectivity index is 1.99. The molecule has 1 aliphatic rings. The zero-order valence-corrected chi connectivity index (χ0v) is 12.3. The highest BCUT2D eigenvalue weighted by atomic mass is 32.2. The molecular weight excluding hydrogens is 282 g/mol. The van der Waals surface area contributed by atoms with Crippen LogP contribution in [0.2, 0.25) is 0 Å². The first-order chi connectivity index (χ1) is 10.2. The highest BCUT2D eigenvalue weighted by Gasteiger charge is 2.45. The topological polar surface area (TPSA) is 61.8 Å². The lowest BCUT2D eigenvalue weighted by molar-refractivity contribution is 0.123. The van der Waals surface area contributed by atoms with Gasteiger partial charge in [-0.25, -0.2) is 4.98 Å². The van der Waals surface area contributed by atoms with E-state index in [2.05, 4.69) is 17.6 Å². The van der Waals surface area contributed by atoms with Gasteiger partial charge in [-0.1, -0.05) is 12.1 Å². The Morgan fingerprint density at radius 3 is 3.10 bits per heavy atom. The van der Waals surface area contributed by atoms with Gasteiger partial charge in [0.15, 0.2) is 0 Å². The van der Waals surface area contributed by atoms with Gasteiger partial charge in [-0.2, -0.15) is 5.26 Å². The van der Waals surface area contributed by atoms with Crippen molar-refractivity contribution in [1.82, 2.24) is 9.55 Å². The average Bonchev–Trinajstić information content (AvgIpc) is 3.07. The molecule has 1 aromatic carbocycles. The maximum atomic E-state index is 10.8. The Morgan fingerprint density at radius 1 is 1.57 bits per heavy atom. The molecule has 2 unspecified atom stereocenters. The summed E-state index contributed by atoms with van der Waals surface area (Å²) in [6.45, 7) is 4.47. The first-order valence-corrected chi connectivity index (χ1v) is 7.48. The van der Waals surface area contributed by atoms with E-state index in [9.17, 15) is 5.11 Å². The van der Waals surface area contributed by atoms with Gasteiger partial charge >= 0.3 is 0 Å². The van der Waals surface area contributed by atoms with Gasteiger partial charge in [-0.05, 0) is 24.1 Å². The van der Waals surface area contributed by atoms with Gasteiger partial charge in [0.1, 0.15) is 0 Å². The Morgan fingerprint density at radius 2 is 2.43 bits per heavy atom. The fourth-order valence-corrected chi connectivity index (χ4v) is 4.32. The van der Waals surface area contributed by atoms with Crippen LogP contribution in [0.3, 0.4) is 0 Å². The van der Waals surface area contributed by atoms with E-state index >= 15 is 0 Å². The number of aromatic nitrogens is 2. The molecule has 0 amide bonds. The second-order valence-electron chi connectivity index (χ2n) is 5.16. The zero-order chi connectivity index (χ0) is 14.9. The number of rotatable bonds is 4. The number of fused-ring (bicyclic) bond motifs is 1. The maximum Gasteiger partial charge on any atom is 0.0992 e. The van der Waals surface area contributed by atoms with Crippen molar-refractivity contribution in [2.24, 2.45) is 0 Å². The summed E-state index contributed by atoms with van der Waals surface area (Å²) in [5.74, 6) is 0. The van der Waals surface area contributed by atoms with Gasteiger partial charge < -0.3 is 9.67 Å². The number of hydrogen-bond acceptors (Lipinski definition) is 4. The van der Waals surface area contributed by atoms with Crippen LogP contribution in [-0.2, 0) is 6.54 Å².